The molecule has 0 aromatic rings. The molecule has 1 aliphatic carbocycles. The Labute approximate surface area is 184 Å². The van der Waals surface area contributed by atoms with Crippen molar-refractivity contribution in [3.63, 3.8) is 0 Å². The Morgan fingerprint density at radius 2 is 1.62 bits per heavy atom. The monoisotopic (exact) mass is 400 g/mol. The molecule has 29 heavy (non-hydrogen) atoms. The smallest absolute Gasteiger partial charge is 0.0226 e. The largest absolute Gasteiger partial charge is 0.0958 e. The third kappa shape index (κ3) is 8.47. The molecular formula is C29H52. The number of unbranched alkanes of at least 4 members (excludes halogenated alkanes) is 2. The second-order valence-corrected chi connectivity index (χ2v) is 10.4. The molecular weight excluding hydrogens is 348 g/mol. The third-order valence-electron chi connectivity index (χ3n) is 7.89. The first-order valence-corrected chi connectivity index (χ1v) is 12.7. The Morgan fingerprint density at radius 1 is 0.931 bits per heavy atom. The lowest BCUT2D eigenvalue weighted by Gasteiger charge is -2.43. The molecule has 0 nitrogen and oxygen atoms in total. The SMILES string of the molecule is C=C(C)C(CCCCC1CC(CC)C1C)=C(C)CCC(C)C(CCCC)=C(C)C. The Bertz CT molecular complexity index is 555. The molecule has 0 aromatic heterocycles. The summed E-state index contributed by atoms with van der Waals surface area (Å²) < 4.78 is 0. The number of hydrogen-bond acceptors (Lipinski definition) is 0. The predicted octanol–water partition coefficient (Wildman–Crippen LogP) is 10.1. The van der Waals surface area contributed by atoms with Gasteiger partial charge in [-0.1, -0.05) is 82.2 Å². The minimum Gasteiger partial charge on any atom is -0.0958 e. The van der Waals surface area contributed by atoms with Gasteiger partial charge in [0, 0.05) is 0 Å². The molecule has 1 aliphatic rings. The van der Waals surface area contributed by atoms with E-state index in [-0.39, 0.29) is 0 Å². The topological polar surface area (TPSA) is 0 Å². The van der Waals surface area contributed by atoms with Gasteiger partial charge >= 0.3 is 0 Å². The van der Waals surface area contributed by atoms with Gasteiger partial charge in [-0.05, 0) is 102 Å². The van der Waals surface area contributed by atoms with E-state index < -0.39 is 0 Å². The highest BCUT2D eigenvalue weighted by atomic mass is 14.4. The molecule has 0 heterocycles. The standard InChI is InChI=1S/C29H52/c1-10-12-16-28(21(3)4)23(7)18-19-24(8)29(22(5)6)17-14-13-15-27-20-26(11-2)25(27)9/h23,25-27H,5,10-20H2,1-4,6-9H3. The molecule has 1 rings (SSSR count). The van der Waals surface area contributed by atoms with Gasteiger partial charge in [0.25, 0.3) is 0 Å². The van der Waals surface area contributed by atoms with Gasteiger partial charge in [0.1, 0.15) is 0 Å². The number of rotatable bonds is 14. The molecule has 0 aromatic carbocycles. The van der Waals surface area contributed by atoms with Crippen LogP contribution in [0.3, 0.4) is 0 Å². The fourth-order valence-corrected chi connectivity index (χ4v) is 5.54. The minimum absolute atomic E-state index is 0.708. The molecule has 0 saturated heterocycles. The Balaban J connectivity index is 2.51. The molecule has 0 spiro atoms. The first-order chi connectivity index (χ1) is 13.7. The highest BCUT2D eigenvalue weighted by molar-refractivity contribution is 5.31. The van der Waals surface area contributed by atoms with Crippen LogP contribution in [0.15, 0.2) is 34.4 Å². The van der Waals surface area contributed by atoms with Crippen molar-refractivity contribution < 1.29 is 0 Å². The van der Waals surface area contributed by atoms with Crippen LogP contribution in [0.25, 0.3) is 0 Å². The third-order valence-corrected chi connectivity index (χ3v) is 7.89. The van der Waals surface area contributed by atoms with Gasteiger partial charge in [-0.25, -0.2) is 0 Å². The number of allylic oxidation sites excluding steroid dienone is 5. The van der Waals surface area contributed by atoms with Crippen molar-refractivity contribution in [1.82, 2.24) is 0 Å². The summed E-state index contributed by atoms with van der Waals surface area (Å²) >= 11 is 0. The zero-order valence-electron chi connectivity index (χ0n) is 21.3. The summed E-state index contributed by atoms with van der Waals surface area (Å²) in [5, 5.41) is 0. The summed E-state index contributed by atoms with van der Waals surface area (Å²) in [5.74, 6) is 3.69. The van der Waals surface area contributed by atoms with E-state index in [0.717, 1.165) is 17.8 Å². The van der Waals surface area contributed by atoms with Gasteiger partial charge in [0.2, 0.25) is 0 Å². The lowest BCUT2D eigenvalue weighted by molar-refractivity contribution is 0.0747. The van der Waals surface area contributed by atoms with Crippen molar-refractivity contribution in [3.8, 4) is 0 Å². The summed E-state index contributed by atoms with van der Waals surface area (Å²) in [6, 6.07) is 0. The van der Waals surface area contributed by atoms with Crippen molar-refractivity contribution >= 4 is 0 Å². The van der Waals surface area contributed by atoms with Crippen molar-refractivity contribution in [1.29, 1.82) is 0 Å². The molecule has 4 atom stereocenters. The van der Waals surface area contributed by atoms with E-state index in [0.29, 0.717) is 5.92 Å². The average Bonchev–Trinajstić information content (AvgIpc) is 2.67. The second-order valence-electron chi connectivity index (χ2n) is 10.4. The van der Waals surface area contributed by atoms with Crippen molar-refractivity contribution in [3.05, 3.63) is 34.4 Å². The zero-order chi connectivity index (χ0) is 22.0. The van der Waals surface area contributed by atoms with E-state index in [1.54, 1.807) is 22.3 Å². The van der Waals surface area contributed by atoms with E-state index in [4.69, 9.17) is 0 Å². The van der Waals surface area contributed by atoms with Crippen LogP contribution in [0, 0.1) is 23.7 Å². The summed E-state index contributed by atoms with van der Waals surface area (Å²) in [4.78, 5) is 0. The van der Waals surface area contributed by atoms with Crippen LogP contribution in [0.2, 0.25) is 0 Å². The van der Waals surface area contributed by atoms with E-state index in [1.165, 1.54) is 76.2 Å². The molecule has 168 valence electrons. The fourth-order valence-electron chi connectivity index (χ4n) is 5.54. The maximum Gasteiger partial charge on any atom is -0.0226 e. The lowest BCUT2D eigenvalue weighted by Crippen LogP contribution is -2.33. The van der Waals surface area contributed by atoms with Gasteiger partial charge in [0.05, 0.1) is 0 Å². The zero-order valence-corrected chi connectivity index (χ0v) is 21.3. The van der Waals surface area contributed by atoms with E-state index >= 15 is 0 Å². The van der Waals surface area contributed by atoms with Crippen LogP contribution < -0.4 is 0 Å². The van der Waals surface area contributed by atoms with Crippen molar-refractivity contribution in [2.24, 2.45) is 23.7 Å². The van der Waals surface area contributed by atoms with Crippen LogP contribution in [0.4, 0.5) is 0 Å². The Kier molecular flexibility index (Phi) is 12.2. The van der Waals surface area contributed by atoms with Crippen molar-refractivity contribution in [2.45, 2.75) is 126 Å². The van der Waals surface area contributed by atoms with Gasteiger partial charge in [-0.15, -0.1) is 0 Å². The Morgan fingerprint density at radius 3 is 2.14 bits per heavy atom. The van der Waals surface area contributed by atoms with E-state index in [2.05, 4.69) is 62.0 Å². The van der Waals surface area contributed by atoms with E-state index in [1.807, 2.05) is 0 Å². The quantitative estimate of drug-likeness (QED) is 0.154. The average molecular weight is 401 g/mol. The maximum atomic E-state index is 4.31. The fraction of sp³-hybridized carbons (Fsp3) is 0.793. The molecule has 1 saturated carbocycles. The molecule has 0 aliphatic heterocycles. The van der Waals surface area contributed by atoms with Gasteiger partial charge in [0.15, 0.2) is 0 Å². The lowest BCUT2D eigenvalue weighted by atomic mass is 9.63. The highest BCUT2D eigenvalue weighted by Gasteiger charge is 2.35. The van der Waals surface area contributed by atoms with Crippen LogP contribution in [0.5, 0.6) is 0 Å². The Hall–Kier alpha value is -0.780. The van der Waals surface area contributed by atoms with Crippen LogP contribution in [0.1, 0.15) is 126 Å². The molecule has 0 amide bonds. The molecule has 0 heteroatoms. The first-order valence-electron chi connectivity index (χ1n) is 12.7. The molecule has 0 bridgehead atoms. The first kappa shape index (κ1) is 26.3. The summed E-state index contributed by atoms with van der Waals surface area (Å²) in [6.45, 7) is 23.1. The summed E-state index contributed by atoms with van der Waals surface area (Å²) in [5.41, 5.74) is 7.71. The maximum absolute atomic E-state index is 4.31. The predicted molar refractivity (Wildman–Crippen MR) is 133 cm³/mol. The van der Waals surface area contributed by atoms with Crippen LogP contribution in [-0.4, -0.2) is 0 Å². The number of hydrogen-bond donors (Lipinski definition) is 0. The van der Waals surface area contributed by atoms with Gasteiger partial charge < -0.3 is 0 Å². The van der Waals surface area contributed by atoms with E-state index in [9.17, 15) is 0 Å². The summed E-state index contributed by atoms with van der Waals surface area (Å²) in [6.07, 6.45) is 14.7. The van der Waals surface area contributed by atoms with Gasteiger partial charge in [-0.3, -0.25) is 0 Å². The molecule has 1 fully saturated rings. The summed E-state index contributed by atoms with van der Waals surface area (Å²) in [7, 11) is 0. The molecule has 4 unspecified atom stereocenters. The minimum atomic E-state index is 0.708. The molecule has 0 N–H and O–H groups in total. The van der Waals surface area contributed by atoms with Gasteiger partial charge in [-0.2, -0.15) is 0 Å². The molecule has 0 radical (unpaired) electrons. The normalized spacial score (nSPS) is 23.2. The van der Waals surface area contributed by atoms with Crippen LogP contribution >= 0.6 is 0 Å². The second kappa shape index (κ2) is 13.5. The van der Waals surface area contributed by atoms with Crippen LogP contribution in [-0.2, 0) is 0 Å². The highest BCUT2D eigenvalue weighted by Crippen LogP contribution is 2.44. The van der Waals surface area contributed by atoms with Crippen molar-refractivity contribution in [2.75, 3.05) is 0 Å².